The molecule has 3 atom stereocenters. The van der Waals surface area contributed by atoms with Gasteiger partial charge in [0.05, 0.1) is 12.7 Å². The highest BCUT2D eigenvalue weighted by molar-refractivity contribution is 5.84. The van der Waals surface area contributed by atoms with E-state index in [1.165, 1.54) is 16.0 Å². The molecule has 4 rings (SSSR count). The van der Waals surface area contributed by atoms with E-state index in [9.17, 15) is 19.5 Å². The molecule has 0 radical (unpaired) electrons. The minimum absolute atomic E-state index is 0.00119. The number of carboxylic acids is 1. The van der Waals surface area contributed by atoms with Gasteiger partial charge in [0.15, 0.2) is 6.04 Å². The van der Waals surface area contributed by atoms with E-state index < -0.39 is 24.2 Å². The highest BCUT2D eigenvalue weighted by Crippen LogP contribution is 2.44. The Bertz CT molecular complexity index is 1040. The summed E-state index contributed by atoms with van der Waals surface area (Å²) in [5.41, 5.74) is 4.67. The number of ether oxygens (including phenoxy) is 2. The summed E-state index contributed by atoms with van der Waals surface area (Å²) in [6.07, 6.45) is -0.291. The lowest BCUT2D eigenvalue weighted by molar-refractivity contribution is -0.164. The molecule has 2 aromatic carbocycles. The van der Waals surface area contributed by atoms with Crippen molar-refractivity contribution in [2.75, 3.05) is 26.3 Å². The number of carbonyl (C=O) groups excluding carboxylic acids is 2. The van der Waals surface area contributed by atoms with Gasteiger partial charge in [-0.25, -0.2) is 9.59 Å². The molecule has 0 saturated carbocycles. The van der Waals surface area contributed by atoms with Gasteiger partial charge in [-0.3, -0.25) is 4.79 Å². The average molecular weight is 481 g/mol. The second-order valence-electron chi connectivity index (χ2n) is 9.30. The fraction of sp³-hybridized carbons (Fsp3) is 0.444. The number of carboxylic acid groups (broad SMARTS) is 1. The van der Waals surface area contributed by atoms with E-state index in [0.29, 0.717) is 19.6 Å². The Morgan fingerprint density at radius 3 is 2.37 bits per heavy atom. The molecule has 2 amide bonds. The number of carbonyl (C=O) groups is 3. The zero-order chi connectivity index (χ0) is 24.9. The minimum Gasteiger partial charge on any atom is -0.480 e. The molecule has 1 saturated heterocycles. The number of hydrogen-bond acceptors (Lipinski definition) is 5. The lowest BCUT2D eigenvalue weighted by atomic mass is 9.98. The first kappa shape index (κ1) is 24.7. The summed E-state index contributed by atoms with van der Waals surface area (Å²) >= 11 is 0. The van der Waals surface area contributed by atoms with Gasteiger partial charge in [0.1, 0.15) is 6.61 Å². The van der Waals surface area contributed by atoms with Gasteiger partial charge in [-0.15, -0.1) is 0 Å². The fourth-order valence-electron chi connectivity index (χ4n) is 4.96. The zero-order valence-corrected chi connectivity index (χ0v) is 20.1. The third-order valence-corrected chi connectivity index (χ3v) is 6.86. The van der Waals surface area contributed by atoms with Crippen LogP contribution in [-0.4, -0.2) is 66.4 Å². The maximum atomic E-state index is 12.6. The molecule has 8 heteroatoms. The fourth-order valence-corrected chi connectivity index (χ4v) is 4.96. The van der Waals surface area contributed by atoms with Crippen molar-refractivity contribution in [2.24, 2.45) is 5.92 Å². The molecule has 0 spiro atoms. The molecule has 8 nitrogen and oxygen atoms in total. The highest BCUT2D eigenvalue weighted by atomic mass is 16.5. The molecule has 1 aliphatic carbocycles. The number of nitrogens with one attached hydrogen (secondary N) is 1. The molecule has 2 aliphatic rings. The van der Waals surface area contributed by atoms with Gasteiger partial charge < -0.3 is 24.8 Å². The number of morpholine rings is 1. The minimum atomic E-state index is -1.06. The Balaban J connectivity index is 1.23. The Morgan fingerprint density at radius 1 is 1.11 bits per heavy atom. The summed E-state index contributed by atoms with van der Waals surface area (Å²) in [5, 5.41) is 12.2. The molecule has 1 aliphatic heterocycles. The first-order chi connectivity index (χ1) is 16.9. The van der Waals surface area contributed by atoms with E-state index in [4.69, 9.17) is 9.47 Å². The molecule has 1 heterocycles. The van der Waals surface area contributed by atoms with Crippen molar-refractivity contribution in [3.63, 3.8) is 0 Å². The summed E-state index contributed by atoms with van der Waals surface area (Å²) in [6, 6.07) is 15.4. The number of rotatable bonds is 8. The maximum Gasteiger partial charge on any atom is 0.407 e. The van der Waals surface area contributed by atoms with E-state index in [-0.39, 0.29) is 37.3 Å². The molecule has 2 N–H and O–H groups in total. The van der Waals surface area contributed by atoms with Gasteiger partial charge in [-0.1, -0.05) is 55.5 Å². The lowest BCUT2D eigenvalue weighted by Crippen LogP contribution is -2.56. The second kappa shape index (κ2) is 10.9. The quantitative estimate of drug-likeness (QED) is 0.598. The van der Waals surface area contributed by atoms with Crippen LogP contribution in [0.25, 0.3) is 11.1 Å². The highest BCUT2D eigenvalue weighted by Gasteiger charge is 2.37. The SMILES string of the molecule is CC(CCC(=O)N1CCOC(C)C1C(=O)O)CNC(=O)OCC1c2ccccc2-c2ccccc21. The number of hydrogen-bond donors (Lipinski definition) is 2. The molecule has 3 unspecified atom stereocenters. The summed E-state index contributed by atoms with van der Waals surface area (Å²) in [5.74, 6) is -1.24. The molecule has 0 aromatic heterocycles. The number of benzene rings is 2. The van der Waals surface area contributed by atoms with Gasteiger partial charge in [0.25, 0.3) is 0 Å². The number of amides is 2. The first-order valence-corrected chi connectivity index (χ1v) is 12.1. The van der Waals surface area contributed by atoms with Crippen LogP contribution in [0.1, 0.15) is 43.7 Å². The van der Waals surface area contributed by atoms with Crippen LogP contribution in [0, 0.1) is 5.92 Å². The molecular formula is C27H32N2O6. The summed E-state index contributed by atoms with van der Waals surface area (Å²) in [6.45, 7) is 4.82. The predicted molar refractivity (Wildman–Crippen MR) is 130 cm³/mol. The Hall–Kier alpha value is -3.39. The van der Waals surface area contributed by atoms with Crippen LogP contribution in [0.4, 0.5) is 4.79 Å². The van der Waals surface area contributed by atoms with Gasteiger partial charge in [-0.2, -0.15) is 0 Å². The van der Waals surface area contributed by atoms with E-state index >= 15 is 0 Å². The van der Waals surface area contributed by atoms with Crippen LogP contribution in [0.5, 0.6) is 0 Å². The van der Waals surface area contributed by atoms with Gasteiger partial charge in [-0.05, 0) is 41.5 Å². The lowest BCUT2D eigenvalue weighted by Gasteiger charge is -2.37. The summed E-state index contributed by atoms with van der Waals surface area (Å²) < 4.78 is 10.9. The van der Waals surface area contributed by atoms with Crippen LogP contribution in [-0.2, 0) is 19.1 Å². The van der Waals surface area contributed by atoms with Crippen LogP contribution >= 0.6 is 0 Å². The largest absolute Gasteiger partial charge is 0.480 e. The topological polar surface area (TPSA) is 105 Å². The molecule has 1 fully saturated rings. The van der Waals surface area contributed by atoms with Crippen molar-refractivity contribution in [1.29, 1.82) is 0 Å². The van der Waals surface area contributed by atoms with Gasteiger partial charge in [0.2, 0.25) is 5.91 Å². The molecule has 35 heavy (non-hydrogen) atoms. The average Bonchev–Trinajstić information content (AvgIpc) is 3.18. The van der Waals surface area contributed by atoms with Crippen molar-refractivity contribution in [2.45, 2.75) is 44.8 Å². The van der Waals surface area contributed by atoms with Crippen LogP contribution in [0.2, 0.25) is 0 Å². The van der Waals surface area contributed by atoms with Crippen molar-refractivity contribution < 1.29 is 29.0 Å². The second-order valence-corrected chi connectivity index (χ2v) is 9.30. The number of nitrogens with zero attached hydrogens (tertiary/aromatic N) is 1. The molecular weight excluding hydrogens is 448 g/mol. The Kier molecular flexibility index (Phi) is 7.70. The van der Waals surface area contributed by atoms with Crippen LogP contribution < -0.4 is 5.32 Å². The van der Waals surface area contributed by atoms with E-state index in [1.807, 2.05) is 31.2 Å². The normalized spacial score (nSPS) is 20.0. The Labute approximate surface area is 205 Å². The number of aliphatic carboxylic acids is 1. The van der Waals surface area contributed by atoms with E-state index in [2.05, 4.69) is 29.6 Å². The van der Waals surface area contributed by atoms with E-state index in [0.717, 1.165) is 11.1 Å². The summed E-state index contributed by atoms with van der Waals surface area (Å²) in [4.78, 5) is 38.0. The molecule has 0 bridgehead atoms. The standard InChI is InChI=1S/C27H32N2O6/c1-17(11-12-24(30)29-13-14-34-18(2)25(29)26(31)32)15-28-27(33)35-16-23-21-9-5-3-7-19(21)20-8-4-6-10-22(20)23/h3-10,17-18,23,25H,11-16H2,1-2H3,(H,28,33)(H,31,32). The summed E-state index contributed by atoms with van der Waals surface area (Å²) in [7, 11) is 0. The van der Waals surface area contributed by atoms with Crippen molar-refractivity contribution in [1.82, 2.24) is 10.2 Å². The Morgan fingerprint density at radius 2 is 1.74 bits per heavy atom. The van der Waals surface area contributed by atoms with Crippen molar-refractivity contribution in [3.8, 4) is 11.1 Å². The monoisotopic (exact) mass is 480 g/mol. The van der Waals surface area contributed by atoms with Gasteiger partial charge in [0, 0.05) is 25.4 Å². The van der Waals surface area contributed by atoms with Crippen molar-refractivity contribution >= 4 is 18.0 Å². The first-order valence-electron chi connectivity index (χ1n) is 12.1. The smallest absolute Gasteiger partial charge is 0.407 e. The number of fused-ring (bicyclic) bond motifs is 3. The van der Waals surface area contributed by atoms with Crippen LogP contribution in [0.15, 0.2) is 48.5 Å². The zero-order valence-electron chi connectivity index (χ0n) is 20.1. The predicted octanol–water partition coefficient (Wildman–Crippen LogP) is 3.64. The van der Waals surface area contributed by atoms with Crippen molar-refractivity contribution in [3.05, 3.63) is 59.7 Å². The van der Waals surface area contributed by atoms with Crippen LogP contribution in [0.3, 0.4) is 0 Å². The molecule has 2 aromatic rings. The third kappa shape index (κ3) is 5.48. The van der Waals surface area contributed by atoms with Gasteiger partial charge >= 0.3 is 12.1 Å². The molecule has 186 valence electrons. The maximum absolute atomic E-state index is 12.6. The number of alkyl carbamates (subject to hydrolysis) is 1. The third-order valence-electron chi connectivity index (χ3n) is 6.86. The van der Waals surface area contributed by atoms with E-state index in [1.54, 1.807) is 6.92 Å².